The predicted molar refractivity (Wildman–Crippen MR) is 213 cm³/mol. The lowest BCUT2D eigenvalue weighted by molar-refractivity contribution is 0.661. The van der Waals surface area contributed by atoms with Crippen LogP contribution >= 0.6 is 0 Å². The Labute approximate surface area is 302 Å². The van der Waals surface area contributed by atoms with Crippen LogP contribution in [0.15, 0.2) is 170 Å². The third-order valence-electron chi connectivity index (χ3n) is 10.7. The monoisotopic (exact) mass is 666 g/mol. The van der Waals surface area contributed by atoms with E-state index in [4.69, 9.17) is 15.0 Å². The molecular weight excluding hydrogens is 633 g/mol. The molecule has 0 atom stereocenters. The molecule has 7 aromatic carbocycles. The number of aromatic nitrogens is 4. The van der Waals surface area contributed by atoms with Gasteiger partial charge in [0.15, 0.2) is 17.5 Å². The molecule has 0 fully saturated rings. The van der Waals surface area contributed by atoms with Crippen molar-refractivity contribution in [3.63, 3.8) is 0 Å². The molecule has 0 spiro atoms. The molecule has 9 aromatic rings. The average molecular weight is 667 g/mol. The number of para-hydroxylation sites is 2. The van der Waals surface area contributed by atoms with E-state index in [9.17, 15) is 0 Å². The Morgan fingerprint density at radius 2 is 0.923 bits per heavy atom. The highest BCUT2D eigenvalue weighted by molar-refractivity contribution is 6.12. The molecule has 0 N–H and O–H groups in total. The second-order valence-corrected chi connectivity index (χ2v) is 14.0. The standard InChI is InChI=1S/C48H34N4/c1-48(2)40-26-14-11-22-34(40)38-29-39-36-24-13-16-28-43(36)52(44(39)30-41(38)48)42-27-15-12-23-35(42)33-21-9-10-25-37(33)47-50-45(31-17-5-3-6-18-31)49-46(51-47)32-19-7-4-8-20-32/h3-30H,1-2H3. The first-order chi connectivity index (χ1) is 25.6. The van der Waals surface area contributed by atoms with Crippen LogP contribution in [-0.2, 0) is 5.41 Å². The quantitative estimate of drug-likeness (QED) is 0.184. The van der Waals surface area contributed by atoms with Gasteiger partial charge in [-0.3, -0.25) is 0 Å². The van der Waals surface area contributed by atoms with Gasteiger partial charge in [0.05, 0.1) is 16.7 Å². The van der Waals surface area contributed by atoms with Crippen molar-refractivity contribution in [1.29, 1.82) is 0 Å². The molecule has 0 radical (unpaired) electrons. The molecular formula is C48H34N4. The van der Waals surface area contributed by atoms with E-state index in [0.29, 0.717) is 17.5 Å². The van der Waals surface area contributed by atoms with E-state index in [-0.39, 0.29) is 5.41 Å². The zero-order valence-electron chi connectivity index (χ0n) is 29.0. The van der Waals surface area contributed by atoms with Gasteiger partial charge in [0, 0.05) is 38.4 Å². The van der Waals surface area contributed by atoms with Crippen molar-refractivity contribution >= 4 is 21.8 Å². The molecule has 0 saturated heterocycles. The summed E-state index contributed by atoms with van der Waals surface area (Å²) in [4.78, 5) is 15.2. The van der Waals surface area contributed by atoms with Gasteiger partial charge in [-0.2, -0.15) is 0 Å². The van der Waals surface area contributed by atoms with E-state index < -0.39 is 0 Å². The van der Waals surface area contributed by atoms with Gasteiger partial charge in [-0.15, -0.1) is 0 Å². The molecule has 0 saturated carbocycles. The number of hydrogen-bond acceptors (Lipinski definition) is 3. The number of rotatable bonds is 5. The summed E-state index contributed by atoms with van der Waals surface area (Å²) in [6.07, 6.45) is 0. The summed E-state index contributed by atoms with van der Waals surface area (Å²) in [5.41, 5.74) is 13.8. The largest absolute Gasteiger partial charge is 0.309 e. The van der Waals surface area contributed by atoms with Crippen molar-refractivity contribution in [3.05, 3.63) is 181 Å². The highest BCUT2D eigenvalue weighted by Crippen LogP contribution is 2.51. The van der Waals surface area contributed by atoms with Crippen LogP contribution in [0.5, 0.6) is 0 Å². The van der Waals surface area contributed by atoms with Crippen LogP contribution < -0.4 is 0 Å². The minimum atomic E-state index is -0.112. The van der Waals surface area contributed by atoms with Crippen molar-refractivity contribution in [2.45, 2.75) is 19.3 Å². The van der Waals surface area contributed by atoms with Gasteiger partial charge in [0.1, 0.15) is 0 Å². The number of nitrogens with zero attached hydrogens (tertiary/aromatic N) is 4. The van der Waals surface area contributed by atoms with Gasteiger partial charge in [0.2, 0.25) is 0 Å². The molecule has 2 aromatic heterocycles. The molecule has 1 aliphatic carbocycles. The van der Waals surface area contributed by atoms with Gasteiger partial charge >= 0.3 is 0 Å². The lowest BCUT2D eigenvalue weighted by atomic mass is 9.82. The number of fused-ring (bicyclic) bond motifs is 6. The fraction of sp³-hybridized carbons (Fsp3) is 0.0625. The maximum atomic E-state index is 5.12. The molecule has 2 heterocycles. The van der Waals surface area contributed by atoms with Crippen LogP contribution in [0.3, 0.4) is 0 Å². The van der Waals surface area contributed by atoms with Gasteiger partial charge in [0.25, 0.3) is 0 Å². The van der Waals surface area contributed by atoms with Crippen LogP contribution in [-0.4, -0.2) is 19.5 Å². The maximum Gasteiger partial charge on any atom is 0.164 e. The zero-order valence-corrected chi connectivity index (χ0v) is 29.0. The van der Waals surface area contributed by atoms with E-state index in [1.54, 1.807) is 0 Å². The van der Waals surface area contributed by atoms with Crippen LogP contribution in [0.1, 0.15) is 25.0 Å². The Hall–Kier alpha value is -6.65. The lowest BCUT2D eigenvalue weighted by Gasteiger charge is -2.22. The van der Waals surface area contributed by atoms with Gasteiger partial charge in [-0.1, -0.05) is 159 Å². The average Bonchev–Trinajstić information content (AvgIpc) is 3.65. The lowest BCUT2D eigenvalue weighted by Crippen LogP contribution is -2.15. The highest BCUT2D eigenvalue weighted by atomic mass is 15.0. The number of hydrogen-bond donors (Lipinski definition) is 0. The summed E-state index contributed by atoms with van der Waals surface area (Å²) in [6, 6.07) is 60.0. The molecule has 0 amide bonds. The summed E-state index contributed by atoms with van der Waals surface area (Å²) < 4.78 is 2.45. The fourth-order valence-corrected chi connectivity index (χ4v) is 8.16. The number of benzene rings is 7. The Kier molecular flexibility index (Phi) is 6.80. The van der Waals surface area contributed by atoms with E-state index in [1.807, 2.05) is 60.7 Å². The first kappa shape index (κ1) is 30.2. The molecule has 4 nitrogen and oxygen atoms in total. The van der Waals surface area contributed by atoms with Crippen LogP contribution in [0.25, 0.3) is 83.9 Å². The molecule has 0 bridgehead atoms. The predicted octanol–water partition coefficient (Wildman–Crippen LogP) is 11.9. The van der Waals surface area contributed by atoms with Crippen LogP contribution in [0, 0.1) is 0 Å². The van der Waals surface area contributed by atoms with Crippen molar-refractivity contribution in [2.24, 2.45) is 0 Å². The molecule has 10 rings (SSSR count). The third-order valence-corrected chi connectivity index (χ3v) is 10.7. The Bertz CT molecular complexity index is 2760. The first-order valence-corrected chi connectivity index (χ1v) is 17.8. The Morgan fingerprint density at radius 1 is 0.385 bits per heavy atom. The van der Waals surface area contributed by atoms with Crippen molar-refractivity contribution in [1.82, 2.24) is 19.5 Å². The summed E-state index contributed by atoms with van der Waals surface area (Å²) in [6.45, 7) is 4.70. The summed E-state index contributed by atoms with van der Waals surface area (Å²) in [5, 5.41) is 2.49. The van der Waals surface area contributed by atoms with E-state index in [0.717, 1.165) is 33.5 Å². The van der Waals surface area contributed by atoms with Crippen molar-refractivity contribution in [2.75, 3.05) is 0 Å². The molecule has 0 aliphatic heterocycles. The smallest absolute Gasteiger partial charge is 0.164 e. The SMILES string of the molecule is CC1(C)c2ccccc2-c2cc3c4ccccc4n(-c4ccccc4-c4ccccc4-c4nc(-c5ccccc5)nc(-c5ccccc5)n4)c3cc21. The summed E-state index contributed by atoms with van der Waals surface area (Å²) in [7, 11) is 0. The van der Waals surface area contributed by atoms with Crippen LogP contribution in [0.4, 0.5) is 0 Å². The minimum Gasteiger partial charge on any atom is -0.309 e. The zero-order chi connectivity index (χ0) is 34.8. The first-order valence-electron chi connectivity index (χ1n) is 17.8. The molecule has 1 aliphatic rings. The van der Waals surface area contributed by atoms with E-state index in [1.165, 1.54) is 44.1 Å². The van der Waals surface area contributed by atoms with Crippen molar-refractivity contribution < 1.29 is 0 Å². The molecule has 52 heavy (non-hydrogen) atoms. The highest BCUT2D eigenvalue weighted by Gasteiger charge is 2.36. The minimum absolute atomic E-state index is 0.112. The second kappa shape index (κ2) is 11.7. The maximum absolute atomic E-state index is 5.12. The fourth-order valence-electron chi connectivity index (χ4n) is 8.16. The molecule has 246 valence electrons. The van der Waals surface area contributed by atoms with Crippen molar-refractivity contribution in [3.8, 4) is 62.1 Å². The van der Waals surface area contributed by atoms with E-state index in [2.05, 4.69) is 128 Å². The van der Waals surface area contributed by atoms with Crippen LogP contribution in [0.2, 0.25) is 0 Å². The van der Waals surface area contributed by atoms with E-state index >= 15 is 0 Å². The topological polar surface area (TPSA) is 43.6 Å². The molecule has 0 unspecified atom stereocenters. The second-order valence-electron chi connectivity index (χ2n) is 14.0. The molecule has 4 heteroatoms. The van der Waals surface area contributed by atoms with Gasteiger partial charge in [-0.05, 0) is 52.1 Å². The Balaban J connectivity index is 1.21. The van der Waals surface area contributed by atoms with Gasteiger partial charge < -0.3 is 4.57 Å². The summed E-state index contributed by atoms with van der Waals surface area (Å²) >= 11 is 0. The normalized spacial score (nSPS) is 13.0. The summed E-state index contributed by atoms with van der Waals surface area (Å²) in [5.74, 6) is 1.93. The van der Waals surface area contributed by atoms with Gasteiger partial charge in [-0.25, -0.2) is 15.0 Å². The Morgan fingerprint density at radius 3 is 1.63 bits per heavy atom. The third kappa shape index (κ3) is 4.65.